The lowest BCUT2D eigenvalue weighted by Crippen LogP contribution is -2.44. The van der Waals surface area contributed by atoms with Crippen molar-refractivity contribution in [2.75, 3.05) is 37.7 Å². The molecule has 1 N–H and O–H groups in total. The van der Waals surface area contributed by atoms with Crippen LogP contribution in [0.4, 0.5) is 5.69 Å². The maximum atomic E-state index is 9.07. The van der Waals surface area contributed by atoms with E-state index in [1.165, 1.54) is 50.1 Å². The fraction of sp³-hybridized carbons (Fsp3) is 0.478. The molecule has 1 saturated heterocycles. The summed E-state index contributed by atoms with van der Waals surface area (Å²) in [4.78, 5) is 5.22. The number of aliphatic hydroxyl groups is 1. The van der Waals surface area contributed by atoms with Gasteiger partial charge in [-0.25, -0.2) is 0 Å². The number of fused-ring (bicyclic) bond motifs is 1. The Morgan fingerprint density at radius 2 is 1.74 bits per heavy atom. The number of hydrogen-bond donors (Lipinski definition) is 1. The number of hydrogen-bond acceptors (Lipinski definition) is 4. The van der Waals surface area contributed by atoms with Crippen LogP contribution in [0.5, 0.6) is 5.75 Å². The molecule has 0 spiro atoms. The van der Waals surface area contributed by atoms with Gasteiger partial charge in [-0.2, -0.15) is 0 Å². The molecule has 2 aromatic carbocycles. The third-order valence-corrected chi connectivity index (χ3v) is 5.91. The zero-order chi connectivity index (χ0) is 18.5. The van der Waals surface area contributed by atoms with Crippen molar-refractivity contribution in [3.05, 3.63) is 59.7 Å². The van der Waals surface area contributed by atoms with Gasteiger partial charge in [0.15, 0.2) is 0 Å². The van der Waals surface area contributed by atoms with Crippen molar-refractivity contribution in [1.82, 2.24) is 4.90 Å². The third-order valence-electron chi connectivity index (χ3n) is 5.91. The minimum absolute atomic E-state index is 0.0826. The highest BCUT2D eigenvalue weighted by molar-refractivity contribution is 5.58. The van der Waals surface area contributed by atoms with Gasteiger partial charge in [-0.1, -0.05) is 30.3 Å². The first kappa shape index (κ1) is 18.3. The lowest BCUT2D eigenvalue weighted by molar-refractivity contribution is 0.191. The molecule has 0 saturated carbocycles. The summed E-state index contributed by atoms with van der Waals surface area (Å²) in [6.45, 7) is 5.51. The van der Waals surface area contributed by atoms with Crippen molar-refractivity contribution in [2.45, 2.75) is 38.3 Å². The first-order valence-electron chi connectivity index (χ1n) is 10.2. The maximum Gasteiger partial charge on any atom is 0.119 e. The van der Waals surface area contributed by atoms with Crippen molar-refractivity contribution in [3.8, 4) is 5.75 Å². The largest absolute Gasteiger partial charge is 0.494 e. The van der Waals surface area contributed by atoms with Gasteiger partial charge in [0.1, 0.15) is 5.75 Å². The van der Waals surface area contributed by atoms with E-state index in [9.17, 15) is 0 Å². The summed E-state index contributed by atoms with van der Waals surface area (Å²) in [6.07, 6.45) is 4.78. The van der Waals surface area contributed by atoms with E-state index in [0.29, 0.717) is 6.04 Å². The van der Waals surface area contributed by atoms with Gasteiger partial charge in [-0.05, 0) is 55.0 Å². The summed E-state index contributed by atoms with van der Waals surface area (Å²) >= 11 is 0. The number of benzene rings is 2. The number of piperidine rings is 1. The normalized spacial score (nSPS) is 17.9. The van der Waals surface area contributed by atoms with Crippen molar-refractivity contribution < 1.29 is 9.84 Å². The Balaban J connectivity index is 1.17. The molecule has 4 heteroatoms. The average molecular weight is 367 g/mol. The highest BCUT2D eigenvalue weighted by Gasteiger charge is 2.28. The Kier molecular flexibility index (Phi) is 5.95. The second-order valence-electron chi connectivity index (χ2n) is 7.65. The highest BCUT2D eigenvalue weighted by atomic mass is 16.5. The summed E-state index contributed by atoms with van der Waals surface area (Å²) < 4.78 is 5.82. The predicted molar refractivity (Wildman–Crippen MR) is 109 cm³/mol. The standard InChI is InChI=1S/C23H30N2O2/c26-18-19-6-8-22(9-7-19)27-17-3-13-24-14-11-21(12-15-24)25-16-10-20-4-1-2-5-23(20)25/h1-2,4-9,21,26H,3,10-18H2. The number of rotatable bonds is 7. The Morgan fingerprint density at radius 1 is 0.963 bits per heavy atom. The van der Waals surface area contributed by atoms with E-state index in [1.807, 2.05) is 24.3 Å². The molecule has 0 bridgehead atoms. The van der Waals surface area contributed by atoms with Crippen LogP contribution in [0.2, 0.25) is 0 Å². The van der Waals surface area contributed by atoms with E-state index in [-0.39, 0.29) is 6.61 Å². The van der Waals surface area contributed by atoms with Gasteiger partial charge >= 0.3 is 0 Å². The molecule has 144 valence electrons. The molecule has 2 heterocycles. The van der Waals surface area contributed by atoms with Crippen LogP contribution in [0.3, 0.4) is 0 Å². The maximum absolute atomic E-state index is 9.07. The fourth-order valence-electron chi connectivity index (χ4n) is 4.37. The zero-order valence-electron chi connectivity index (χ0n) is 16.0. The first-order chi connectivity index (χ1) is 13.3. The number of likely N-dealkylation sites (tertiary alicyclic amines) is 1. The molecule has 2 aromatic rings. The number of anilines is 1. The van der Waals surface area contributed by atoms with Gasteiger partial charge < -0.3 is 19.6 Å². The van der Waals surface area contributed by atoms with Crippen LogP contribution in [0, 0.1) is 0 Å². The van der Waals surface area contributed by atoms with Gasteiger partial charge in [0.2, 0.25) is 0 Å². The minimum Gasteiger partial charge on any atom is -0.494 e. The van der Waals surface area contributed by atoms with Gasteiger partial charge in [-0.3, -0.25) is 0 Å². The van der Waals surface area contributed by atoms with Crippen LogP contribution in [-0.4, -0.2) is 48.8 Å². The Bertz CT molecular complexity index is 723. The molecule has 0 radical (unpaired) electrons. The summed E-state index contributed by atoms with van der Waals surface area (Å²) in [5.74, 6) is 0.888. The van der Waals surface area contributed by atoms with Crippen molar-refractivity contribution >= 4 is 5.69 Å². The molecule has 2 aliphatic heterocycles. The van der Waals surface area contributed by atoms with Crippen LogP contribution < -0.4 is 9.64 Å². The molecule has 0 unspecified atom stereocenters. The van der Waals surface area contributed by atoms with E-state index in [1.54, 1.807) is 0 Å². The third kappa shape index (κ3) is 4.45. The van der Waals surface area contributed by atoms with Crippen molar-refractivity contribution in [2.24, 2.45) is 0 Å². The molecule has 1 fully saturated rings. The van der Waals surface area contributed by atoms with E-state index >= 15 is 0 Å². The quantitative estimate of drug-likeness (QED) is 0.761. The van der Waals surface area contributed by atoms with Crippen LogP contribution in [0.15, 0.2) is 48.5 Å². The molecular weight excluding hydrogens is 336 g/mol. The monoisotopic (exact) mass is 366 g/mol. The number of aliphatic hydroxyl groups excluding tert-OH is 1. The first-order valence-corrected chi connectivity index (χ1v) is 10.2. The molecule has 0 aromatic heterocycles. The molecule has 2 aliphatic rings. The molecule has 4 nitrogen and oxygen atoms in total. The molecule has 4 rings (SSSR count). The molecule has 0 aliphatic carbocycles. The average Bonchev–Trinajstić information content (AvgIpc) is 3.16. The summed E-state index contributed by atoms with van der Waals surface area (Å²) in [6, 6.07) is 17.3. The lowest BCUT2D eigenvalue weighted by atomic mass is 10.0. The smallest absolute Gasteiger partial charge is 0.119 e. The van der Waals surface area contributed by atoms with Crippen LogP contribution >= 0.6 is 0 Å². The lowest BCUT2D eigenvalue weighted by Gasteiger charge is -2.38. The molecular formula is C23H30N2O2. The highest BCUT2D eigenvalue weighted by Crippen LogP contribution is 2.32. The van der Waals surface area contributed by atoms with Gasteiger partial charge in [-0.15, -0.1) is 0 Å². The van der Waals surface area contributed by atoms with E-state index < -0.39 is 0 Å². The topological polar surface area (TPSA) is 35.9 Å². The second kappa shape index (κ2) is 8.77. The Labute approximate surface area is 162 Å². The summed E-state index contributed by atoms with van der Waals surface area (Å²) in [5.41, 5.74) is 3.91. The minimum atomic E-state index is 0.0826. The second-order valence-corrected chi connectivity index (χ2v) is 7.65. The zero-order valence-corrected chi connectivity index (χ0v) is 16.0. The SMILES string of the molecule is OCc1ccc(OCCCN2CCC(N3CCc4ccccc43)CC2)cc1. The molecule has 0 atom stereocenters. The van der Waals surface area contributed by atoms with Gasteiger partial charge in [0.05, 0.1) is 13.2 Å². The summed E-state index contributed by atoms with van der Waals surface area (Å²) in [7, 11) is 0. The van der Waals surface area contributed by atoms with Crippen molar-refractivity contribution in [1.29, 1.82) is 0 Å². The van der Waals surface area contributed by atoms with Gasteiger partial charge in [0.25, 0.3) is 0 Å². The van der Waals surface area contributed by atoms with Crippen LogP contribution in [0.1, 0.15) is 30.4 Å². The van der Waals surface area contributed by atoms with Crippen molar-refractivity contribution in [3.63, 3.8) is 0 Å². The van der Waals surface area contributed by atoms with E-state index in [0.717, 1.165) is 30.9 Å². The number of ether oxygens (including phenoxy) is 1. The van der Waals surface area contributed by atoms with Crippen LogP contribution in [-0.2, 0) is 13.0 Å². The Hall–Kier alpha value is -2.04. The number of para-hydroxylation sites is 1. The molecule has 27 heavy (non-hydrogen) atoms. The van der Waals surface area contributed by atoms with Crippen LogP contribution in [0.25, 0.3) is 0 Å². The Morgan fingerprint density at radius 3 is 2.52 bits per heavy atom. The fourth-order valence-corrected chi connectivity index (χ4v) is 4.37. The number of nitrogens with zero attached hydrogens (tertiary/aromatic N) is 2. The van der Waals surface area contributed by atoms with E-state index in [4.69, 9.17) is 9.84 Å². The van der Waals surface area contributed by atoms with E-state index in [2.05, 4.69) is 34.1 Å². The predicted octanol–water partition coefficient (Wildman–Crippen LogP) is 3.47. The summed E-state index contributed by atoms with van der Waals surface area (Å²) in [5, 5.41) is 9.07. The van der Waals surface area contributed by atoms with Gasteiger partial charge in [0, 0.05) is 37.9 Å². The molecule has 0 amide bonds.